The average Bonchev–Trinajstić information content (AvgIpc) is 3.39. The van der Waals surface area contributed by atoms with E-state index in [4.69, 9.17) is 16.2 Å². The van der Waals surface area contributed by atoms with Gasteiger partial charge in [-0.1, -0.05) is 13.8 Å². The number of nitrogens with two attached hydrogens (primary N) is 2. The summed E-state index contributed by atoms with van der Waals surface area (Å²) in [7, 11) is 0. The number of carbonyl (C=O) groups is 3. The number of ketones is 1. The predicted octanol–water partition coefficient (Wildman–Crippen LogP) is 4.07. The van der Waals surface area contributed by atoms with Crippen molar-refractivity contribution in [2.24, 2.45) is 16.9 Å². The highest BCUT2D eigenvalue weighted by Gasteiger charge is 2.43. The Morgan fingerprint density at radius 2 is 1.84 bits per heavy atom. The van der Waals surface area contributed by atoms with E-state index < -0.39 is 57.9 Å². The minimum absolute atomic E-state index is 0.0655. The predicted molar refractivity (Wildman–Crippen MR) is 126 cm³/mol. The van der Waals surface area contributed by atoms with Crippen molar-refractivity contribution in [1.82, 2.24) is 4.57 Å². The number of rotatable bonds is 6. The van der Waals surface area contributed by atoms with Crippen molar-refractivity contribution in [3.05, 3.63) is 46.5 Å². The van der Waals surface area contributed by atoms with Gasteiger partial charge < -0.3 is 26.1 Å². The molecule has 2 aromatic rings. The van der Waals surface area contributed by atoms with Crippen LogP contribution in [-0.4, -0.2) is 34.5 Å². The highest BCUT2D eigenvalue weighted by Crippen LogP contribution is 2.43. The average molecular weight is 525 g/mol. The molecule has 1 aromatic carbocycles. The molecule has 0 aliphatic heterocycles. The fourth-order valence-corrected chi connectivity index (χ4v) is 5.08. The lowest BCUT2D eigenvalue weighted by Gasteiger charge is -2.30. The molecule has 37 heavy (non-hydrogen) atoms. The first-order valence-corrected chi connectivity index (χ1v) is 11.9. The molecule has 4 rings (SSSR count). The number of esters is 1. The van der Waals surface area contributed by atoms with Crippen molar-refractivity contribution in [2.75, 3.05) is 5.32 Å². The van der Waals surface area contributed by atoms with Gasteiger partial charge in [-0.2, -0.15) is 13.2 Å². The number of Topliss-reactive ketones (excluding diaryl/α,β-unsaturated/α-hetero) is 1. The van der Waals surface area contributed by atoms with E-state index in [1.54, 1.807) is 13.8 Å². The Labute approximate surface area is 210 Å². The Morgan fingerprint density at radius 1 is 1.19 bits per heavy atom. The summed E-state index contributed by atoms with van der Waals surface area (Å²) in [6.45, 7) is 3.49. The number of nitrogens with one attached hydrogen (secondary N) is 1. The largest absolute Gasteiger partial charge is 0.460 e. The number of hydrogen-bond donors (Lipinski definition) is 3. The van der Waals surface area contributed by atoms with Gasteiger partial charge in [-0.3, -0.25) is 9.59 Å². The van der Waals surface area contributed by atoms with E-state index in [9.17, 15) is 27.6 Å². The lowest BCUT2D eigenvalue weighted by atomic mass is 9.75. The molecule has 0 spiro atoms. The summed E-state index contributed by atoms with van der Waals surface area (Å²) in [5, 5.41) is 2.52. The summed E-state index contributed by atoms with van der Waals surface area (Å²) in [4.78, 5) is 37.2. The fourth-order valence-electron chi connectivity index (χ4n) is 5.08. The molecule has 200 valence electrons. The van der Waals surface area contributed by atoms with Crippen LogP contribution >= 0.6 is 0 Å². The van der Waals surface area contributed by atoms with Crippen molar-refractivity contribution < 1.29 is 36.7 Å². The summed E-state index contributed by atoms with van der Waals surface area (Å²) in [6, 6.07) is 2.01. The number of aromatic nitrogens is 1. The van der Waals surface area contributed by atoms with Crippen LogP contribution in [0.1, 0.15) is 77.9 Å². The quantitative estimate of drug-likeness (QED) is 0.297. The minimum Gasteiger partial charge on any atom is -0.460 e. The number of hydrogen-bond acceptors (Lipinski definition) is 6. The van der Waals surface area contributed by atoms with Gasteiger partial charge in [0.2, 0.25) is 0 Å². The van der Waals surface area contributed by atoms with E-state index in [0.29, 0.717) is 12.8 Å². The molecular formula is C25H28F4N4O4. The molecule has 8 nitrogen and oxygen atoms in total. The second-order valence-electron chi connectivity index (χ2n) is 10.4. The van der Waals surface area contributed by atoms with Crippen LogP contribution in [0.4, 0.5) is 23.2 Å². The topological polar surface area (TPSA) is 129 Å². The lowest BCUT2D eigenvalue weighted by molar-refractivity contribution is -0.149. The van der Waals surface area contributed by atoms with Crippen LogP contribution in [-0.2, 0) is 22.1 Å². The van der Waals surface area contributed by atoms with E-state index in [1.807, 2.05) is 0 Å². The van der Waals surface area contributed by atoms with Crippen LogP contribution < -0.4 is 16.8 Å². The Balaban J connectivity index is 1.79. The molecule has 0 radical (unpaired) electrons. The van der Waals surface area contributed by atoms with Crippen LogP contribution in [0.15, 0.2) is 18.3 Å². The monoisotopic (exact) mass is 524 g/mol. The number of alkyl halides is 3. The fraction of sp³-hybridized carbons (Fsp3) is 0.480. The maximum absolute atomic E-state index is 15.1. The number of amides is 1. The first kappa shape index (κ1) is 26.6. The van der Waals surface area contributed by atoms with E-state index >= 15 is 4.39 Å². The Morgan fingerprint density at radius 3 is 2.43 bits per heavy atom. The maximum atomic E-state index is 15.1. The van der Waals surface area contributed by atoms with Gasteiger partial charge in [0.25, 0.3) is 5.91 Å². The van der Waals surface area contributed by atoms with Crippen molar-refractivity contribution >= 4 is 23.3 Å². The third-order valence-electron chi connectivity index (χ3n) is 6.73. The van der Waals surface area contributed by atoms with Crippen molar-refractivity contribution in [1.29, 1.82) is 0 Å². The van der Waals surface area contributed by atoms with Crippen molar-refractivity contribution in [3.8, 4) is 5.69 Å². The third-order valence-corrected chi connectivity index (χ3v) is 6.73. The summed E-state index contributed by atoms with van der Waals surface area (Å²) in [5.41, 5.74) is 8.04. The maximum Gasteiger partial charge on any atom is 0.418 e. The molecule has 2 aliphatic rings. The summed E-state index contributed by atoms with van der Waals surface area (Å²) < 4.78 is 63.1. The lowest BCUT2D eigenvalue weighted by Crippen LogP contribution is -2.41. The van der Waals surface area contributed by atoms with E-state index in [-0.39, 0.29) is 36.0 Å². The van der Waals surface area contributed by atoms with Crippen LogP contribution in [0.3, 0.4) is 0 Å². The molecule has 1 amide bonds. The number of fused-ring (bicyclic) bond motifs is 1. The number of halogens is 4. The van der Waals surface area contributed by atoms with E-state index in [1.165, 1.54) is 6.07 Å². The van der Waals surface area contributed by atoms with Crippen molar-refractivity contribution in [2.45, 2.75) is 70.8 Å². The zero-order valence-electron chi connectivity index (χ0n) is 20.4. The Bertz CT molecular complexity index is 1260. The van der Waals surface area contributed by atoms with Gasteiger partial charge >= 0.3 is 12.1 Å². The first-order valence-electron chi connectivity index (χ1n) is 11.9. The third kappa shape index (κ3) is 5.34. The zero-order chi connectivity index (χ0) is 27.3. The molecule has 1 heterocycles. The number of benzene rings is 1. The van der Waals surface area contributed by atoms with Crippen molar-refractivity contribution in [3.63, 3.8) is 0 Å². The molecule has 1 atom stereocenters. The highest BCUT2D eigenvalue weighted by atomic mass is 19.4. The summed E-state index contributed by atoms with van der Waals surface area (Å²) in [6.07, 6.45) is -2.68. The van der Waals surface area contributed by atoms with Gasteiger partial charge in [0.15, 0.2) is 11.9 Å². The van der Waals surface area contributed by atoms with Crippen LogP contribution in [0.5, 0.6) is 0 Å². The number of nitrogens with zero attached hydrogens (tertiary/aromatic N) is 1. The normalized spacial score (nSPS) is 18.4. The van der Waals surface area contributed by atoms with Gasteiger partial charge in [-0.05, 0) is 49.7 Å². The summed E-state index contributed by atoms with van der Waals surface area (Å²) in [5.74, 6) is -3.81. The van der Waals surface area contributed by atoms with Gasteiger partial charge in [0, 0.05) is 18.3 Å². The van der Waals surface area contributed by atoms with Crippen LogP contribution in [0.25, 0.3) is 5.69 Å². The summed E-state index contributed by atoms with van der Waals surface area (Å²) >= 11 is 0. The molecule has 12 heteroatoms. The first-order chi connectivity index (χ1) is 17.2. The number of anilines is 1. The number of carbonyl (C=O) groups excluding carboxylic acids is 3. The van der Waals surface area contributed by atoms with Crippen LogP contribution in [0.2, 0.25) is 0 Å². The Kier molecular flexibility index (Phi) is 6.82. The Hall–Kier alpha value is -3.41. The zero-order valence-corrected chi connectivity index (χ0v) is 20.4. The van der Waals surface area contributed by atoms with E-state index in [0.717, 1.165) is 29.7 Å². The number of ether oxygens (including phenoxy) is 1. The molecule has 1 fully saturated rings. The molecule has 1 saturated carbocycles. The van der Waals surface area contributed by atoms with Gasteiger partial charge in [0.05, 0.1) is 28.1 Å². The molecular weight excluding hydrogens is 496 g/mol. The SMILES string of the molecule is CC1(C)CC(=O)c2c(C(F)(F)F)cn(-c3cc(F)c(C(N)=O)c(NC(N)C(=O)OC4CCCC4)c3)c2C1. The molecule has 2 aliphatic carbocycles. The van der Waals surface area contributed by atoms with Gasteiger partial charge in [-0.15, -0.1) is 0 Å². The smallest absolute Gasteiger partial charge is 0.418 e. The van der Waals surface area contributed by atoms with Gasteiger partial charge in [-0.25, -0.2) is 9.18 Å². The molecule has 5 N–H and O–H groups in total. The highest BCUT2D eigenvalue weighted by molar-refractivity contribution is 6.01. The molecule has 0 bridgehead atoms. The molecule has 0 saturated heterocycles. The second kappa shape index (κ2) is 9.47. The van der Waals surface area contributed by atoms with Crippen LogP contribution in [0, 0.1) is 11.2 Å². The second-order valence-corrected chi connectivity index (χ2v) is 10.4. The molecule has 1 unspecified atom stereocenters. The minimum atomic E-state index is -4.83. The number of primary amides is 1. The van der Waals surface area contributed by atoms with Gasteiger partial charge in [0.1, 0.15) is 11.9 Å². The van der Waals surface area contributed by atoms with E-state index in [2.05, 4.69) is 5.32 Å². The molecule has 1 aromatic heterocycles. The standard InChI is InChI=1S/C25H28F4N4O4/c1-24(2)9-17-19(18(34)10-24)14(25(27,28)29)11-33(17)12-7-15(26)20(22(31)35)16(8-12)32-21(30)23(36)37-13-5-3-4-6-13/h7-8,11,13,21,32H,3-6,9-10,30H2,1-2H3,(H2,31,35).